The molecule has 154 valence electrons. The third-order valence-corrected chi connectivity index (χ3v) is 8.59. The topological polar surface area (TPSA) is 25.8 Å². The van der Waals surface area contributed by atoms with Crippen molar-refractivity contribution in [2.75, 3.05) is 0 Å². The SMILES string of the molecule is C1=CC(c2cccc3ncccc23)(c2cccc3ncccc23)C2=c3ccccc3=[SiH]C2=C1. The van der Waals surface area contributed by atoms with E-state index >= 15 is 0 Å². The summed E-state index contributed by atoms with van der Waals surface area (Å²) in [5.74, 6) is 0. The molecule has 0 N–H and O–H groups in total. The van der Waals surface area contributed by atoms with E-state index in [4.69, 9.17) is 9.97 Å². The van der Waals surface area contributed by atoms with Crippen molar-refractivity contribution in [3.8, 4) is 0 Å². The minimum absolute atomic E-state index is 0.0598. The van der Waals surface area contributed by atoms with E-state index in [0.717, 1.165) is 11.0 Å². The van der Waals surface area contributed by atoms with Crippen molar-refractivity contribution in [2.45, 2.75) is 5.41 Å². The van der Waals surface area contributed by atoms with Gasteiger partial charge in [0, 0.05) is 32.3 Å². The fourth-order valence-corrected chi connectivity index (χ4v) is 7.36. The monoisotopic (exact) mass is 436 g/mol. The van der Waals surface area contributed by atoms with Crippen LogP contribution in [-0.2, 0) is 5.41 Å². The van der Waals surface area contributed by atoms with Gasteiger partial charge in [-0.05, 0) is 56.2 Å². The summed E-state index contributed by atoms with van der Waals surface area (Å²) in [4.78, 5) is 10.9. The van der Waals surface area contributed by atoms with Crippen LogP contribution in [0.3, 0.4) is 0 Å². The molecule has 0 saturated carbocycles. The van der Waals surface area contributed by atoms with Crippen molar-refractivity contribution in [3.05, 3.63) is 142 Å². The summed E-state index contributed by atoms with van der Waals surface area (Å²) in [5.41, 5.74) is 5.60. The molecule has 2 nitrogen and oxygen atoms in total. The quantitative estimate of drug-likeness (QED) is 0.361. The smallest absolute Gasteiger partial charge is 0.0705 e. The molecule has 1 aliphatic carbocycles. The zero-order valence-corrected chi connectivity index (χ0v) is 19.1. The van der Waals surface area contributed by atoms with Gasteiger partial charge >= 0.3 is 0 Å². The van der Waals surface area contributed by atoms with Crippen molar-refractivity contribution in [1.29, 1.82) is 0 Å². The summed E-state index contributed by atoms with van der Waals surface area (Å²) in [6, 6.07) is 30.6. The predicted octanol–water partition coefficient (Wildman–Crippen LogP) is 5.07. The number of nitrogens with zero attached hydrogens (tertiary/aromatic N) is 2. The van der Waals surface area contributed by atoms with Gasteiger partial charge in [0.05, 0.1) is 16.4 Å². The normalized spacial score (nSPS) is 15.8. The molecular formula is C30H20N2Si. The second-order valence-corrected chi connectivity index (χ2v) is 10.2. The molecule has 2 aromatic heterocycles. The van der Waals surface area contributed by atoms with E-state index in [2.05, 4.69) is 91.0 Å². The summed E-state index contributed by atoms with van der Waals surface area (Å²) < 4.78 is 0. The zero-order chi connectivity index (χ0) is 21.8. The summed E-state index contributed by atoms with van der Waals surface area (Å²) in [6.07, 6.45) is 10.8. The molecule has 0 atom stereocenters. The van der Waals surface area contributed by atoms with Crippen molar-refractivity contribution in [1.82, 2.24) is 9.97 Å². The highest BCUT2D eigenvalue weighted by Crippen LogP contribution is 2.50. The maximum Gasteiger partial charge on any atom is 0.0705 e. The second-order valence-electron chi connectivity index (χ2n) is 8.65. The summed E-state index contributed by atoms with van der Waals surface area (Å²) in [7, 11) is 0.0598. The molecule has 0 amide bonds. The Hall–Kier alpha value is -3.95. The van der Waals surface area contributed by atoms with Gasteiger partial charge in [0.15, 0.2) is 0 Å². The molecule has 3 heterocycles. The first-order valence-electron chi connectivity index (χ1n) is 11.3. The molecule has 5 aromatic rings. The molecule has 3 aromatic carbocycles. The molecule has 0 radical (unpaired) electrons. The Bertz CT molecular complexity index is 1690. The van der Waals surface area contributed by atoms with Gasteiger partial charge in [0.25, 0.3) is 0 Å². The minimum Gasteiger partial charge on any atom is -0.256 e. The highest BCUT2D eigenvalue weighted by molar-refractivity contribution is 6.45. The Balaban J connectivity index is 1.73. The van der Waals surface area contributed by atoms with Crippen LogP contribution in [0.25, 0.3) is 27.4 Å². The van der Waals surface area contributed by atoms with Gasteiger partial charge in [-0.1, -0.05) is 78.9 Å². The molecule has 33 heavy (non-hydrogen) atoms. The van der Waals surface area contributed by atoms with Crippen LogP contribution in [0.4, 0.5) is 0 Å². The Kier molecular flexibility index (Phi) is 3.96. The van der Waals surface area contributed by atoms with Gasteiger partial charge < -0.3 is 0 Å². The van der Waals surface area contributed by atoms with Crippen LogP contribution < -0.4 is 5.22 Å². The van der Waals surface area contributed by atoms with Gasteiger partial charge in [0.1, 0.15) is 0 Å². The lowest BCUT2D eigenvalue weighted by Crippen LogP contribution is -2.33. The van der Waals surface area contributed by atoms with Crippen molar-refractivity contribution in [2.24, 2.45) is 0 Å². The van der Waals surface area contributed by atoms with E-state index in [1.165, 1.54) is 42.7 Å². The van der Waals surface area contributed by atoms with Gasteiger partial charge in [0.2, 0.25) is 0 Å². The number of hydrogen-bond donors (Lipinski definition) is 0. The number of aromatic nitrogens is 2. The van der Waals surface area contributed by atoms with Crippen LogP contribution in [0.15, 0.2) is 121 Å². The van der Waals surface area contributed by atoms with Crippen LogP contribution in [-0.4, -0.2) is 19.1 Å². The highest BCUT2D eigenvalue weighted by Gasteiger charge is 2.42. The van der Waals surface area contributed by atoms with Crippen molar-refractivity contribution >= 4 is 36.5 Å². The standard InChI is InChI=1S/C30H20N2Si/c1-2-15-27-22(8-1)29-28(33-27)16-5-17-30(29,23-11-3-13-25-20(23)9-6-18-31-25)24-12-4-14-26-21(24)10-7-19-32-26/h1-19,33H. The van der Waals surface area contributed by atoms with Crippen LogP contribution in [0.5, 0.6) is 0 Å². The maximum absolute atomic E-state index is 4.70. The summed E-state index contributed by atoms with van der Waals surface area (Å²) >= 11 is 0. The number of hydrogen-bond acceptors (Lipinski definition) is 2. The average molecular weight is 437 g/mol. The zero-order valence-electron chi connectivity index (χ0n) is 17.9. The Labute approximate surface area is 193 Å². The van der Waals surface area contributed by atoms with Crippen LogP contribution >= 0.6 is 0 Å². The largest absolute Gasteiger partial charge is 0.256 e. The Morgan fingerprint density at radius 2 is 1.30 bits per heavy atom. The lowest BCUT2D eigenvalue weighted by Gasteiger charge is -2.38. The molecular weight excluding hydrogens is 416 g/mol. The molecule has 0 bridgehead atoms. The molecule has 0 spiro atoms. The first-order valence-corrected chi connectivity index (χ1v) is 12.4. The average Bonchev–Trinajstić information content (AvgIpc) is 3.27. The van der Waals surface area contributed by atoms with E-state index < -0.39 is 5.41 Å². The van der Waals surface area contributed by atoms with E-state index in [1.54, 1.807) is 0 Å². The van der Waals surface area contributed by atoms with Crippen LogP contribution in [0.1, 0.15) is 11.1 Å². The summed E-state index contributed by atoms with van der Waals surface area (Å²) in [6.45, 7) is 0. The lowest BCUT2D eigenvalue weighted by atomic mass is 9.65. The molecule has 1 aliphatic heterocycles. The second kappa shape index (κ2) is 7.02. The van der Waals surface area contributed by atoms with Gasteiger partial charge in [-0.25, -0.2) is 0 Å². The highest BCUT2D eigenvalue weighted by atomic mass is 28.2. The number of allylic oxidation sites excluding steroid dienone is 4. The van der Waals surface area contributed by atoms with Crippen LogP contribution in [0.2, 0.25) is 0 Å². The van der Waals surface area contributed by atoms with E-state index in [0.29, 0.717) is 0 Å². The van der Waals surface area contributed by atoms with E-state index in [-0.39, 0.29) is 9.13 Å². The molecule has 0 unspecified atom stereocenters. The van der Waals surface area contributed by atoms with Crippen molar-refractivity contribution in [3.63, 3.8) is 0 Å². The first kappa shape index (κ1) is 18.6. The third-order valence-electron chi connectivity index (χ3n) is 6.99. The predicted molar refractivity (Wildman–Crippen MR) is 137 cm³/mol. The lowest BCUT2D eigenvalue weighted by molar-refractivity contribution is 0.849. The molecule has 3 heteroatoms. The maximum atomic E-state index is 4.70. The Morgan fingerprint density at radius 3 is 2.00 bits per heavy atom. The minimum atomic E-state index is -0.422. The van der Waals surface area contributed by atoms with Gasteiger partial charge in [-0.3, -0.25) is 9.97 Å². The first-order chi connectivity index (χ1) is 16.4. The van der Waals surface area contributed by atoms with E-state index in [9.17, 15) is 0 Å². The number of benzene rings is 3. The fourth-order valence-electron chi connectivity index (χ4n) is 5.69. The fraction of sp³-hybridized carbons (Fsp3) is 0.0333. The summed E-state index contributed by atoms with van der Waals surface area (Å²) in [5, 5.41) is 5.24. The number of fused-ring (bicyclic) bond motifs is 4. The molecule has 0 saturated heterocycles. The van der Waals surface area contributed by atoms with Gasteiger partial charge in [-0.15, -0.1) is 0 Å². The Morgan fingerprint density at radius 1 is 0.636 bits per heavy atom. The van der Waals surface area contributed by atoms with Crippen molar-refractivity contribution < 1.29 is 0 Å². The molecule has 2 aliphatic rings. The van der Waals surface area contributed by atoms with Crippen LogP contribution in [0, 0.1) is 4.81 Å². The molecule has 0 fully saturated rings. The van der Waals surface area contributed by atoms with E-state index in [1.807, 2.05) is 24.5 Å². The number of rotatable bonds is 2. The van der Waals surface area contributed by atoms with Gasteiger partial charge in [-0.2, -0.15) is 0 Å². The molecule has 7 rings (SSSR count). The number of pyridine rings is 2. The third kappa shape index (κ3) is 2.57.